The second kappa shape index (κ2) is 3.05. The van der Waals surface area contributed by atoms with Gasteiger partial charge in [0.05, 0.1) is 5.92 Å². The number of hydrogen-bond donors (Lipinski definition) is 0. The monoisotopic (exact) mass is 310 g/mol. The number of rotatable bonds is 0. The molecule has 2 aliphatic rings. The first-order chi connectivity index (χ1) is 6.05. The lowest BCUT2D eigenvalue weighted by Crippen LogP contribution is -2.43. The fraction of sp³-hybridized carbons (Fsp3) is 0.750. The molecule has 3 nitrogen and oxygen atoms in total. The van der Waals surface area contributed by atoms with Crippen molar-refractivity contribution in [3.63, 3.8) is 0 Å². The van der Waals surface area contributed by atoms with Crippen molar-refractivity contribution >= 4 is 43.8 Å². The van der Waals surface area contributed by atoms with E-state index in [4.69, 9.17) is 0 Å². The Morgan fingerprint density at radius 1 is 1.46 bits per heavy atom. The molecule has 1 saturated carbocycles. The van der Waals surface area contributed by atoms with Crippen LogP contribution >= 0.6 is 31.9 Å². The molecule has 0 aromatic carbocycles. The zero-order valence-corrected chi connectivity index (χ0v) is 9.93. The first-order valence-electron chi connectivity index (χ1n) is 4.15. The van der Waals surface area contributed by atoms with Crippen molar-refractivity contribution < 1.29 is 14.3 Å². The van der Waals surface area contributed by atoms with Gasteiger partial charge in [-0.2, -0.15) is 0 Å². The van der Waals surface area contributed by atoms with Crippen molar-refractivity contribution in [3.05, 3.63) is 0 Å². The number of alkyl halides is 2. The summed E-state index contributed by atoms with van der Waals surface area (Å²) >= 11 is 6.76. The Balaban J connectivity index is 2.37. The van der Waals surface area contributed by atoms with Crippen molar-refractivity contribution in [1.82, 2.24) is 0 Å². The van der Waals surface area contributed by atoms with Crippen LogP contribution in [-0.2, 0) is 14.3 Å². The molecule has 0 amide bonds. The Bertz CT molecular complexity index is 279. The zero-order valence-electron chi connectivity index (χ0n) is 6.76. The van der Waals surface area contributed by atoms with Crippen LogP contribution in [0.1, 0.15) is 19.3 Å². The minimum absolute atomic E-state index is 0.0552. The number of hydrogen-bond acceptors (Lipinski definition) is 3. The van der Waals surface area contributed by atoms with Crippen molar-refractivity contribution in [2.45, 2.75) is 28.4 Å². The van der Waals surface area contributed by atoms with Gasteiger partial charge in [-0.3, -0.25) is 9.59 Å². The predicted molar refractivity (Wildman–Crippen MR) is 52.8 cm³/mol. The summed E-state index contributed by atoms with van der Waals surface area (Å²) in [5, 5.41) is 0. The van der Waals surface area contributed by atoms with Crippen molar-refractivity contribution in [2.24, 2.45) is 5.92 Å². The molecule has 5 heteroatoms. The van der Waals surface area contributed by atoms with Gasteiger partial charge in [-0.25, -0.2) is 0 Å². The van der Waals surface area contributed by atoms with E-state index in [2.05, 4.69) is 36.6 Å². The highest BCUT2D eigenvalue weighted by Crippen LogP contribution is 2.48. The van der Waals surface area contributed by atoms with Crippen LogP contribution in [0.4, 0.5) is 0 Å². The van der Waals surface area contributed by atoms with Crippen LogP contribution in [0.3, 0.4) is 0 Å². The standard InChI is InChI=1S/C8H8Br2O3/c9-4-2-1-3-8(10)5(4)6(11)13-7(8)12/h4-5H,1-3H2. The number of fused-ring (bicyclic) bond motifs is 1. The number of halogens is 2. The maximum absolute atomic E-state index is 11.4. The first-order valence-corrected chi connectivity index (χ1v) is 5.85. The average molecular weight is 312 g/mol. The summed E-state index contributed by atoms with van der Waals surface area (Å²) in [6, 6.07) is 0. The molecule has 0 aromatic rings. The summed E-state index contributed by atoms with van der Waals surface area (Å²) in [6.45, 7) is 0. The van der Waals surface area contributed by atoms with Crippen molar-refractivity contribution in [2.75, 3.05) is 0 Å². The lowest BCUT2D eigenvalue weighted by molar-refractivity contribution is -0.153. The molecular formula is C8H8Br2O3. The van der Waals surface area contributed by atoms with Crippen LogP contribution in [0.2, 0.25) is 0 Å². The fourth-order valence-electron chi connectivity index (χ4n) is 1.97. The third-order valence-electron chi connectivity index (χ3n) is 2.66. The fourth-order valence-corrected chi connectivity index (χ4v) is 4.18. The molecule has 2 rings (SSSR count). The van der Waals surface area contributed by atoms with Gasteiger partial charge in [0, 0.05) is 4.83 Å². The van der Waals surface area contributed by atoms with E-state index < -0.39 is 16.3 Å². The van der Waals surface area contributed by atoms with Gasteiger partial charge in [-0.15, -0.1) is 0 Å². The van der Waals surface area contributed by atoms with Crippen LogP contribution in [-0.4, -0.2) is 21.1 Å². The van der Waals surface area contributed by atoms with E-state index in [0.29, 0.717) is 6.42 Å². The molecule has 0 aromatic heterocycles. The van der Waals surface area contributed by atoms with E-state index in [1.54, 1.807) is 0 Å². The van der Waals surface area contributed by atoms with Gasteiger partial charge >= 0.3 is 11.9 Å². The van der Waals surface area contributed by atoms with Crippen LogP contribution in [0.15, 0.2) is 0 Å². The number of esters is 2. The minimum atomic E-state index is -0.753. The molecule has 0 bridgehead atoms. The Labute approximate surface area is 92.5 Å². The molecule has 72 valence electrons. The van der Waals surface area contributed by atoms with Gasteiger partial charge in [-0.05, 0) is 12.8 Å². The quantitative estimate of drug-likeness (QED) is 0.389. The Morgan fingerprint density at radius 2 is 2.15 bits per heavy atom. The minimum Gasteiger partial charge on any atom is -0.392 e. The average Bonchev–Trinajstić information content (AvgIpc) is 2.24. The van der Waals surface area contributed by atoms with Crippen LogP contribution in [0.5, 0.6) is 0 Å². The summed E-state index contributed by atoms with van der Waals surface area (Å²) in [6.07, 6.45) is 2.53. The molecule has 3 unspecified atom stereocenters. The number of ether oxygens (including phenoxy) is 1. The van der Waals surface area contributed by atoms with E-state index in [1.165, 1.54) is 0 Å². The summed E-state index contributed by atoms with van der Waals surface area (Å²) in [5.74, 6) is -1.18. The highest BCUT2D eigenvalue weighted by atomic mass is 79.9. The third kappa shape index (κ3) is 1.28. The SMILES string of the molecule is O=C1OC(=O)C2(Br)CCCC(Br)C12. The molecule has 1 heterocycles. The number of carbonyl (C=O) groups excluding carboxylic acids is 2. The van der Waals surface area contributed by atoms with E-state index >= 15 is 0 Å². The van der Waals surface area contributed by atoms with Crippen LogP contribution < -0.4 is 0 Å². The normalized spacial score (nSPS) is 44.5. The third-order valence-corrected chi connectivity index (χ3v) is 4.86. The Morgan fingerprint density at radius 3 is 2.77 bits per heavy atom. The highest BCUT2D eigenvalue weighted by molar-refractivity contribution is 9.10. The molecule has 1 aliphatic carbocycles. The zero-order chi connectivity index (χ0) is 9.64. The van der Waals surface area contributed by atoms with Crippen molar-refractivity contribution in [3.8, 4) is 0 Å². The maximum atomic E-state index is 11.4. The van der Waals surface area contributed by atoms with E-state index in [0.717, 1.165) is 12.8 Å². The molecule has 1 saturated heterocycles. The summed E-state index contributed by atoms with van der Waals surface area (Å²) in [5.41, 5.74) is 0. The molecule has 3 atom stereocenters. The topological polar surface area (TPSA) is 43.4 Å². The maximum Gasteiger partial charge on any atom is 0.331 e. The summed E-state index contributed by atoms with van der Waals surface area (Å²) in [7, 11) is 0. The molecule has 2 fully saturated rings. The first kappa shape index (κ1) is 9.65. The van der Waals surface area contributed by atoms with Gasteiger partial charge < -0.3 is 4.74 Å². The molecule has 0 radical (unpaired) electrons. The second-order valence-electron chi connectivity index (χ2n) is 3.46. The van der Waals surface area contributed by atoms with E-state index in [1.807, 2.05) is 0 Å². The predicted octanol–water partition coefficient (Wildman–Crippen LogP) is 1.77. The molecular weight excluding hydrogens is 304 g/mol. The lowest BCUT2D eigenvalue weighted by Gasteiger charge is -2.31. The van der Waals surface area contributed by atoms with E-state index in [-0.39, 0.29) is 10.7 Å². The largest absolute Gasteiger partial charge is 0.392 e. The summed E-state index contributed by atoms with van der Waals surface area (Å²) < 4.78 is 3.87. The van der Waals surface area contributed by atoms with Crippen molar-refractivity contribution in [1.29, 1.82) is 0 Å². The second-order valence-corrected chi connectivity index (χ2v) is 6.05. The molecule has 0 N–H and O–H groups in total. The van der Waals surface area contributed by atoms with Gasteiger partial charge in [0.2, 0.25) is 0 Å². The van der Waals surface area contributed by atoms with Gasteiger partial charge in [0.25, 0.3) is 0 Å². The van der Waals surface area contributed by atoms with E-state index in [9.17, 15) is 9.59 Å². The molecule has 1 aliphatic heterocycles. The highest BCUT2D eigenvalue weighted by Gasteiger charge is 2.59. The lowest BCUT2D eigenvalue weighted by atomic mass is 9.81. The van der Waals surface area contributed by atoms with Gasteiger partial charge in [-0.1, -0.05) is 38.3 Å². The smallest absolute Gasteiger partial charge is 0.331 e. The number of cyclic esters (lactones) is 2. The Kier molecular flexibility index (Phi) is 2.27. The Hall–Kier alpha value is 0.1000. The van der Waals surface area contributed by atoms with Crippen LogP contribution in [0, 0.1) is 5.92 Å². The molecule has 13 heavy (non-hydrogen) atoms. The van der Waals surface area contributed by atoms with Crippen LogP contribution in [0.25, 0.3) is 0 Å². The summed E-state index contributed by atoms with van der Waals surface area (Å²) in [4.78, 5) is 22.8. The number of carbonyl (C=O) groups is 2. The van der Waals surface area contributed by atoms with Gasteiger partial charge in [0.15, 0.2) is 0 Å². The van der Waals surface area contributed by atoms with Gasteiger partial charge in [0.1, 0.15) is 4.32 Å². The molecule has 0 spiro atoms.